The molecule has 0 radical (unpaired) electrons. The smallest absolute Gasteiger partial charge is 0.262 e. The van der Waals surface area contributed by atoms with Gasteiger partial charge in [0.25, 0.3) is 5.78 Å². The maximum Gasteiger partial charge on any atom is 0.262 e. The van der Waals surface area contributed by atoms with Crippen molar-refractivity contribution in [3.63, 3.8) is 0 Å². The van der Waals surface area contributed by atoms with E-state index in [1.807, 2.05) is 0 Å². The van der Waals surface area contributed by atoms with Gasteiger partial charge in [-0.15, -0.1) is 0 Å². The molecule has 4 nitrogen and oxygen atoms in total. The summed E-state index contributed by atoms with van der Waals surface area (Å²) in [5, 5.41) is 8.55. The SMILES string of the molecule is Cc1cc2c(cc1C(=O)C#N)OCCO2. The molecular formula is C11H9NO3. The van der Waals surface area contributed by atoms with E-state index in [9.17, 15) is 4.79 Å². The third-order valence-corrected chi connectivity index (χ3v) is 2.24. The Hall–Kier alpha value is -2.02. The Kier molecular flexibility index (Phi) is 2.30. The molecule has 4 heteroatoms. The van der Waals surface area contributed by atoms with Gasteiger partial charge in [0.15, 0.2) is 11.5 Å². The predicted octanol–water partition coefficient (Wildman–Crippen LogP) is 1.47. The zero-order valence-electron chi connectivity index (χ0n) is 8.24. The second-order valence-electron chi connectivity index (χ2n) is 3.25. The monoisotopic (exact) mass is 203 g/mol. The molecule has 0 bridgehead atoms. The van der Waals surface area contributed by atoms with Crippen molar-refractivity contribution in [2.75, 3.05) is 13.2 Å². The van der Waals surface area contributed by atoms with Crippen LogP contribution in [0.2, 0.25) is 0 Å². The molecule has 1 aliphatic heterocycles. The molecule has 0 unspecified atom stereocenters. The topological polar surface area (TPSA) is 59.3 Å². The summed E-state index contributed by atoms with van der Waals surface area (Å²) < 4.78 is 10.7. The largest absolute Gasteiger partial charge is 0.486 e. The highest BCUT2D eigenvalue weighted by Gasteiger charge is 2.17. The summed E-state index contributed by atoms with van der Waals surface area (Å²) in [4.78, 5) is 11.3. The molecule has 0 aliphatic carbocycles. The van der Waals surface area contributed by atoms with Gasteiger partial charge < -0.3 is 9.47 Å². The number of rotatable bonds is 1. The average Bonchev–Trinajstić information content (AvgIpc) is 2.27. The van der Waals surface area contributed by atoms with Crippen molar-refractivity contribution < 1.29 is 14.3 Å². The number of Topliss-reactive ketones (excluding diaryl/α,β-unsaturated/α-hetero) is 1. The van der Waals surface area contributed by atoms with Crippen molar-refractivity contribution in [3.8, 4) is 17.6 Å². The van der Waals surface area contributed by atoms with E-state index in [2.05, 4.69) is 0 Å². The van der Waals surface area contributed by atoms with Gasteiger partial charge in [0.1, 0.15) is 19.3 Å². The van der Waals surface area contributed by atoms with Crippen molar-refractivity contribution in [2.45, 2.75) is 6.92 Å². The first-order chi connectivity index (χ1) is 7.22. The summed E-state index contributed by atoms with van der Waals surface area (Å²) in [6.45, 7) is 2.75. The van der Waals surface area contributed by atoms with E-state index in [4.69, 9.17) is 14.7 Å². The molecule has 0 atom stereocenters. The van der Waals surface area contributed by atoms with E-state index >= 15 is 0 Å². The molecule has 15 heavy (non-hydrogen) atoms. The summed E-state index contributed by atoms with van der Waals surface area (Å²) in [6, 6.07) is 4.88. The molecule has 1 heterocycles. The molecule has 0 saturated heterocycles. The molecule has 0 amide bonds. The summed E-state index contributed by atoms with van der Waals surface area (Å²) in [5.74, 6) is 0.614. The first kappa shape index (κ1) is 9.53. The van der Waals surface area contributed by atoms with E-state index in [0.717, 1.165) is 5.56 Å². The average molecular weight is 203 g/mol. The highest BCUT2D eigenvalue weighted by Crippen LogP contribution is 2.32. The first-order valence-corrected chi connectivity index (χ1v) is 4.57. The van der Waals surface area contributed by atoms with Gasteiger partial charge in [-0.1, -0.05) is 0 Å². The summed E-state index contributed by atoms with van der Waals surface area (Å²) in [5.41, 5.74) is 1.10. The Morgan fingerprint density at radius 3 is 2.53 bits per heavy atom. The number of carbonyl (C=O) groups excluding carboxylic acids is 1. The van der Waals surface area contributed by atoms with Gasteiger partial charge in [-0.05, 0) is 24.6 Å². The number of aryl methyl sites for hydroxylation is 1. The molecule has 2 rings (SSSR count). The highest BCUT2D eigenvalue weighted by atomic mass is 16.6. The molecule has 76 valence electrons. The lowest BCUT2D eigenvalue weighted by Crippen LogP contribution is -2.16. The minimum Gasteiger partial charge on any atom is -0.486 e. The summed E-state index contributed by atoms with van der Waals surface area (Å²) in [6.07, 6.45) is 0. The quantitative estimate of drug-likeness (QED) is 0.512. The van der Waals surface area contributed by atoms with Gasteiger partial charge in [0.2, 0.25) is 0 Å². The van der Waals surface area contributed by atoms with Crippen molar-refractivity contribution in [1.82, 2.24) is 0 Å². The minimum absolute atomic E-state index is 0.377. The van der Waals surface area contributed by atoms with Crippen LogP contribution >= 0.6 is 0 Å². The number of carbonyl (C=O) groups is 1. The van der Waals surface area contributed by atoms with Gasteiger partial charge in [0.05, 0.1) is 0 Å². The number of fused-ring (bicyclic) bond motifs is 1. The number of nitriles is 1. The van der Waals surface area contributed by atoms with Crippen LogP contribution in [0.3, 0.4) is 0 Å². The molecule has 1 aromatic rings. The van der Waals surface area contributed by atoms with Crippen LogP contribution in [0.1, 0.15) is 15.9 Å². The number of hydrogen-bond acceptors (Lipinski definition) is 4. The van der Waals surface area contributed by atoms with Crippen molar-refractivity contribution >= 4 is 5.78 Å². The third-order valence-electron chi connectivity index (χ3n) is 2.24. The molecule has 0 fully saturated rings. The summed E-state index contributed by atoms with van der Waals surface area (Å²) >= 11 is 0. The van der Waals surface area contributed by atoms with Gasteiger partial charge in [-0.25, -0.2) is 0 Å². The normalized spacial score (nSPS) is 13.1. The van der Waals surface area contributed by atoms with E-state index < -0.39 is 5.78 Å². The molecule has 0 N–H and O–H groups in total. The number of hydrogen-bond donors (Lipinski definition) is 0. The minimum atomic E-state index is -0.551. The Bertz CT molecular complexity index is 460. The molecule has 1 aromatic carbocycles. The van der Waals surface area contributed by atoms with Crippen molar-refractivity contribution in [3.05, 3.63) is 23.3 Å². The van der Waals surface area contributed by atoms with E-state index in [1.165, 1.54) is 0 Å². The fourth-order valence-electron chi connectivity index (χ4n) is 1.50. The zero-order chi connectivity index (χ0) is 10.8. The van der Waals surface area contributed by atoms with Crippen molar-refractivity contribution in [2.24, 2.45) is 0 Å². The first-order valence-electron chi connectivity index (χ1n) is 4.57. The molecular weight excluding hydrogens is 194 g/mol. The van der Waals surface area contributed by atoms with Crippen LogP contribution in [-0.4, -0.2) is 19.0 Å². The molecule has 0 aromatic heterocycles. The Morgan fingerprint density at radius 1 is 1.33 bits per heavy atom. The van der Waals surface area contributed by atoms with Crippen LogP contribution in [0.5, 0.6) is 11.5 Å². The lowest BCUT2D eigenvalue weighted by molar-refractivity contribution is 0.105. The number of ether oxygens (including phenoxy) is 2. The van der Waals surface area contributed by atoms with Crippen LogP contribution in [0, 0.1) is 18.3 Å². The van der Waals surface area contributed by atoms with Gasteiger partial charge in [-0.2, -0.15) is 5.26 Å². The van der Waals surface area contributed by atoms with Crippen molar-refractivity contribution in [1.29, 1.82) is 5.26 Å². The summed E-state index contributed by atoms with van der Waals surface area (Å²) in [7, 11) is 0. The second-order valence-corrected chi connectivity index (χ2v) is 3.25. The third kappa shape index (κ3) is 1.64. The van der Waals surface area contributed by atoms with Gasteiger partial charge in [0, 0.05) is 5.56 Å². The highest BCUT2D eigenvalue weighted by molar-refractivity contribution is 6.08. The molecule has 0 saturated carbocycles. The Balaban J connectivity index is 2.50. The lowest BCUT2D eigenvalue weighted by Gasteiger charge is -2.19. The zero-order valence-corrected chi connectivity index (χ0v) is 8.24. The van der Waals surface area contributed by atoms with Crippen LogP contribution in [0.25, 0.3) is 0 Å². The maximum atomic E-state index is 11.3. The van der Waals surface area contributed by atoms with Gasteiger partial charge >= 0.3 is 0 Å². The fourth-order valence-corrected chi connectivity index (χ4v) is 1.50. The predicted molar refractivity (Wildman–Crippen MR) is 52.1 cm³/mol. The lowest BCUT2D eigenvalue weighted by atomic mass is 10.0. The maximum absolute atomic E-state index is 11.3. The van der Waals surface area contributed by atoms with Crippen LogP contribution in [-0.2, 0) is 0 Å². The Labute approximate surface area is 87.0 Å². The second kappa shape index (κ2) is 3.62. The number of benzene rings is 1. The molecule has 1 aliphatic rings. The number of nitrogens with zero attached hydrogens (tertiary/aromatic N) is 1. The Morgan fingerprint density at radius 2 is 1.93 bits per heavy atom. The van der Waals surface area contributed by atoms with Crippen LogP contribution in [0.15, 0.2) is 12.1 Å². The van der Waals surface area contributed by atoms with E-state index in [-0.39, 0.29) is 0 Å². The van der Waals surface area contributed by atoms with Crippen LogP contribution in [0.4, 0.5) is 0 Å². The molecule has 0 spiro atoms. The van der Waals surface area contributed by atoms with E-state index in [0.29, 0.717) is 30.3 Å². The fraction of sp³-hybridized carbons (Fsp3) is 0.273. The van der Waals surface area contributed by atoms with Gasteiger partial charge in [-0.3, -0.25) is 4.79 Å². The van der Waals surface area contributed by atoms with Crippen LogP contribution < -0.4 is 9.47 Å². The standard InChI is InChI=1S/C11H9NO3/c1-7-4-10-11(15-3-2-14-10)5-8(7)9(13)6-12/h4-5H,2-3H2,1H3. The number of ketones is 1. The van der Waals surface area contributed by atoms with E-state index in [1.54, 1.807) is 25.1 Å².